The van der Waals surface area contributed by atoms with Gasteiger partial charge in [-0.15, -0.1) is 0 Å². The van der Waals surface area contributed by atoms with Crippen molar-refractivity contribution in [1.29, 1.82) is 0 Å². The zero-order valence-electron chi connectivity index (χ0n) is 11.4. The summed E-state index contributed by atoms with van der Waals surface area (Å²) in [6.45, 7) is 0. The Morgan fingerprint density at radius 2 is 1.78 bits per heavy atom. The third kappa shape index (κ3) is 2.02. The SMILES string of the molecule is O=c1[nH]c(=O)c2cc3cc4cnc([N+](=O)[O-])nc4cc3cc2[nH]1. The van der Waals surface area contributed by atoms with Crippen LogP contribution in [-0.2, 0) is 0 Å². The Labute approximate surface area is 125 Å². The highest BCUT2D eigenvalue weighted by molar-refractivity contribution is 6.02. The number of rotatable bonds is 1. The Morgan fingerprint density at radius 1 is 1.00 bits per heavy atom. The lowest BCUT2D eigenvalue weighted by molar-refractivity contribution is -0.394. The minimum Gasteiger partial charge on any atom is -0.390 e. The normalized spacial score (nSPS) is 11.3. The Hall–Kier alpha value is -3.62. The van der Waals surface area contributed by atoms with Crippen molar-refractivity contribution in [3.63, 3.8) is 0 Å². The molecule has 2 heterocycles. The lowest BCUT2D eigenvalue weighted by Crippen LogP contribution is -2.21. The van der Waals surface area contributed by atoms with Crippen LogP contribution in [0.15, 0.2) is 40.1 Å². The lowest BCUT2D eigenvalue weighted by Gasteiger charge is -2.02. The van der Waals surface area contributed by atoms with Crippen molar-refractivity contribution in [2.24, 2.45) is 0 Å². The molecule has 0 unspecified atom stereocenters. The molecule has 2 aromatic carbocycles. The van der Waals surface area contributed by atoms with Gasteiger partial charge >= 0.3 is 11.6 Å². The smallest absolute Gasteiger partial charge is 0.390 e. The molecule has 4 aromatic rings. The molecule has 0 aliphatic heterocycles. The first-order chi connectivity index (χ1) is 11.0. The lowest BCUT2D eigenvalue weighted by atomic mass is 10.1. The second kappa shape index (κ2) is 4.44. The molecule has 9 nitrogen and oxygen atoms in total. The van der Waals surface area contributed by atoms with Gasteiger partial charge in [-0.05, 0) is 40.0 Å². The molecule has 0 aliphatic rings. The highest BCUT2D eigenvalue weighted by atomic mass is 16.6. The summed E-state index contributed by atoms with van der Waals surface area (Å²) in [4.78, 5) is 45.6. The first-order valence-electron chi connectivity index (χ1n) is 6.52. The summed E-state index contributed by atoms with van der Waals surface area (Å²) < 4.78 is 0. The molecule has 0 bridgehead atoms. The molecule has 9 heteroatoms. The molecule has 0 amide bonds. The van der Waals surface area contributed by atoms with Crippen LogP contribution in [0.4, 0.5) is 5.95 Å². The Balaban J connectivity index is 2.12. The van der Waals surface area contributed by atoms with E-state index in [4.69, 9.17) is 0 Å². The first-order valence-corrected chi connectivity index (χ1v) is 6.52. The van der Waals surface area contributed by atoms with E-state index in [0.717, 1.165) is 5.39 Å². The third-order valence-corrected chi connectivity index (χ3v) is 3.54. The molecule has 2 aromatic heterocycles. The van der Waals surface area contributed by atoms with Gasteiger partial charge in [-0.25, -0.2) is 4.79 Å². The maximum atomic E-state index is 11.9. The molecule has 0 radical (unpaired) electrons. The number of fused-ring (bicyclic) bond motifs is 3. The third-order valence-electron chi connectivity index (χ3n) is 3.54. The predicted molar refractivity (Wildman–Crippen MR) is 82.4 cm³/mol. The van der Waals surface area contributed by atoms with Crippen LogP contribution in [0.2, 0.25) is 0 Å². The number of nitrogens with one attached hydrogen (secondary N) is 2. The largest absolute Gasteiger partial charge is 0.469 e. The molecule has 0 saturated heterocycles. The fourth-order valence-electron chi connectivity index (χ4n) is 2.52. The second-order valence-electron chi connectivity index (χ2n) is 4.99. The second-order valence-corrected chi connectivity index (χ2v) is 4.99. The number of hydrogen-bond acceptors (Lipinski definition) is 6. The standard InChI is InChI=1S/C14H7N5O4/c20-12-9-2-6-1-8-5-15-13(19(22)23)16-10(8)3-7(6)4-11(9)17-14(21)18-12/h1-5H,(H2,17,18,20,21). The molecule has 0 saturated carbocycles. The van der Waals surface area contributed by atoms with Crippen LogP contribution in [0.25, 0.3) is 32.6 Å². The van der Waals surface area contributed by atoms with Crippen molar-refractivity contribution in [2.75, 3.05) is 0 Å². The molecule has 0 fully saturated rings. The van der Waals surface area contributed by atoms with Crippen LogP contribution in [-0.4, -0.2) is 24.9 Å². The van der Waals surface area contributed by atoms with E-state index in [9.17, 15) is 19.7 Å². The highest BCUT2D eigenvalue weighted by Gasteiger charge is 2.12. The van der Waals surface area contributed by atoms with E-state index < -0.39 is 22.1 Å². The van der Waals surface area contributed by atoms with Crippen LogP contribution in [0, 0.1) is 10.1 Å². The molecular weight excluding hydrogens is 302 g/mol. The number of benzene rings is 2. The molecule has 0 spiro atoms. The summed E-state index contributed by atoms with van der Waals surface area (Å²) >= 11 is 0. The number of nitrogens with zero attached hydrogens (tertiary/aromatic N) is 3. The molecule has 2 N–H and O–H groups in total. The van der Waals surface area contributed by atoms with E-state index in [0.29, 0.717) is 27.2 Å². The molecule has 112 valence electrons. The van der Waals surface area contributed by atoms with Crippen LogP contribution >= 0.6 is 0 Å². The van der Waals surface area contributed by atoms with E-state index in [1.165, 1.54) is 6.20 Å². The average Bonchev–Trinajstić information content (AvgIpc) is 2.50. The number of nitro groups is 1. The number of hydrogen-bond donors (Lipinski definition) is 2. The van der Waals surface area contributed by atoms with Gasteiger partial charge in [0.15, 0.2) is 5.52 Å². The minimum atomic E-state index is -0.666. The predicted octanol–water partition coefficient (Wildman–Crippen LogP) is 1.22. The molecular formula is C14H7N5O4. The van der Waals surface area contributed by atoms with E-state index in [1.807, 2.05) is 0 Å². The van der Waals surface area contributed by atoms with Crippen LogP contribution in [0.3, 0.4) is 0 Å². The first kappa shape index (κ1) is 13.1. The average molecular weight is 309 g/mol. The van der Waals surface area contributed by atoms with Crippen molar-refractivity contribution >= 4 is 38.5 Å². The zero-order chi connectivity index (χ0) is 16.1. The molecule has 4 rings (SSSR count). The van der Waals surface area contributed by atoms with E-state index in [-0.39, 0.29) is 0 Å². The fourth-order valence-corrected chi connectivity index (χ4v) is 2.52. The van der Waals surface area contributed by atoms with Gasteiger partial charge in [-0.1, -0.05) is 9.97 Å². The molecule has 0 atom stereocenters. The van der Waals surface area contributed by atoms with Crippen molar-refractivity contribution in [3.05, 3.63) is 61.4 Å². The number of H-pyrrole nitrogens is 2. The van der Waals surface area contributed by atoms with Crippen molar-refractivity contribution in [3.8, 4) is 0 Å². The van der Waals surface area contributed by atoms with Gasteiger partial charge in [0.25, 0.3) is 5.56 Å². The molecule has 23 heavy (non-hydrogen) atoms. The van der Waals surface area contributed by atoms with Crippen molar-refractivity contribution in [1.82, 2.24) is 19.9 Å². The van der Waals surface area contributed by atoms with Crippen LogP contribution < -0.4 is 11.2 Å². The number of aromatic amines is 2. The Bertz CT molecular complexity index is 1240. The van der Waals surface area contributed by atoms with E-state index in [2.05, 4.69) is 19.9 Å². The van der Waals surface area contributed by atoms with Crippen LogP contribution in [0.1, 0.15) is 0 Å². The maximum absolute atomic E-state index is 11.9. The van der Waals surface area contributed by atoms with Gasteiger partial charge in [-0.2, -0.15) is 0 Å². The van der Waals surface area contributed by atoms with E-state index in [1.54, 1.807) is 24.3 Å². The zero-order valence-corrected chi connectivity index (χ0v) is 11.4. The topological polar surface area (TPSA) is 135 Å². The molecule has 0 aliphatic carbocycles. The summed E-state index contributed by atoms with van der Waals surface area (Å²) in [5.41, 5.74) is -0.286. The van der Waals surface area contributed by atoms with Gasteiger partial charge in [0.2, 0.25) is 0 Å². The Morgan fingerprint density at radius 3 is 2.57 bits per heavy atom. The summed E-state index contributed by atoms with van der Waals surface area (Å²) in [5.74, 6) is -0.484. The fraction of sp³-hybridized carbons (Fsp3) is 0. The summed E-state index contributed by atoms with van der Waals surface area (Å²) in [5, 5.41) is 13.2. The number of aromatic nitrogens is 4. The highest BCUT2D eigenvalue weighted by Crippen LogP contribution is 2.24. The maximum Gasteiger partial charge on any atom is 0.469 e. The van der Waals surface area contributed by atoms with Crippen LogP contribution in [0.5, 0.6) is 0 Å². The summed E-state index contributed by atoms with van der Waals surface area (Å²) in [6, 6.07) is 6.66. The van der Waals surface area contributed by atoms with E-state index >= 15 is 0 Å². The monoisotopic (exact) mass is 309 g/mol. The summed E-state index contributed by atoms with van der Waals surface area (Å²) in [7, 11) is 0. The van der Waals surface area contributed by atoms with Gasteiger partial charge in [-0.3, -0.25) is 9.78 Å². The van der Waals surface area contributed by atoms with Gasteiger partial charge in [0, 0.05) is 0 Å². The van der Waals surface area contributed by atoms with Gasteiger partial charge in [0.05, 0.1) is 16.3 Å². The Kier molecular flexibility index (Phi) is 2.52. The van der Waals surface area contributed by atoms with Crippen molar-refractivity contribution in [2.45, 2.75) is 0 Å². The van der Waals surface area contributed by atoms with Gasteiger partial charge < -0.3 is 15.1 Å². The minimum absolute atomic E-state index is 0.347. The quantitative estimate of drug-likeness (QED) is 0.308. The van der Waals surface area contributed by atoms with Gasteiger partial charge in [0.1, 0.15) is 6.20 Å². The summed E-state index contributed by atoms with van der Waals surface area (Å²) in [6.07, 6.45) is 1.36. The van der Waals surface area contributed by atoms with Crippen molar-refractivity contribution < 1.29 is 4.92 Å².